The van der Waals surface area contributed by atoms with Crippen LogP contribution in [0.3, 0.4) is 0 Å². The van der Waals surface area contributed by atoms with Crippen LogP contribution >= 0.6 is 0 Å². The van der Waals surface area contributed by atoms with Crippen molar-refractivity contribution in [2.24, 2.45) is 0 Å². The number of carbonyl (C=O) groups is 2. The maximum atomic E-state index is 11.1. The van der Waals surface area contributed by atoms with Crippen LogP contribution in [0.2, 0.25) is 0 Å². The number of hydrogen-bond donors (Lipinski definition) is 3. The summed E-state index contributed by atoms with van der Waals surface area (Å²) in [4.78, 5) is 22.1. The smallest absolute Gasteiger partial charge is 0.221 e. The predicted molar refractivity (Wildman–Crippen MR) is 57.2 cm³/mol. The summed E-state index contributed by atoms with van der Waals surface area (Å²) in [6.45, 7) is 3.04. The SMILES string of the molecule is CCCNC(=O)CCNC(=O)CCCO. The van der Waals surface area contributed by atoms with Crippen LogP contribution in [-0.4, -0.2) is 36.6 Å². The zero-order valence-electron chi connectivity index (χ0n) is 9.21. The van der Waals surface area contributed by atoms with Crippen molar-refractivity contribution in [2.45, 2.75) is 32.6 Å². The fraction of sp³-hybridized carbons (Fsp3) is 0.800. The number of hydrogen-bond acceptors (Lipinski definition) is 3. The van der Waals surface area contributed by atoms with Gasteiger partial charge in [0.15, 0.2) is 0 Å². The summed E-state index contributed by atoms with van der Waals surface area (Å²) in [7, 11) is 0. The van der Waals surface area contributed by atoms with Crippen LogP contribution in [-0.2, 0) is 9.59 Å². The molecule has 0 fully saturated rings. The molecule has 0 rings (SSSR count). The highest BCUT2D eigenvalue weighted by molar-refractivity contribution is 5.78. The average Bonchev–Trinajstić information content (AvgIpc) is 2.23. The zero-order valence-corrected chi connectivity index (χ0v) is 9.21. The van der Waals surface area contributed by atoms with Gasteiger partial charge in [-0.3, -0.25) is 9.59 Å². The van der Waals surface area contributed by atoms with Gasteiger partial charge in [0.1, 0.15) is 0 Å². The molecule has 5 nitrogen and oxygen atoms in total. The van der Waals surface area contributed by atoms with E-state index in [9.17, 15) is 9.59 Å². The Kier molecular flexibility index (Phi) is 8.76. The molecule has 88 valence electrons. The third-order valence-electron chi connectivity index (χ3n) is 1.81. The van der Waals surface area contributed by atoms with Crippen molar-refractivity contribution in [3.05, 3.63) is 0 Å². The van der Waals surface area contributed by atoms with E-state index in [4.69, 9.17) is 5.11 Å². The van der Waals surface area contributed by atoms with Gasteiger partial charge in [-0.1, -0.05) is 6.92 Å². The Balaban J connectivity index is 3.36. The van der Waals surface area contributed by atoms with E-state index in [1.54, 1.807) is 0 Å². The van der Waals surface area contributed by atoms with Crippen LogP contribution in [0, 0.1) is 0 Å². The Bertz CT molecular complexity index is 175. The molecule has 0 bridgehead atoms. The second-order valence-corrected chi connectivity index (χ2v) is 3.28. The van der Waals surface area contributed by atoms with E-state index in [-0.39, 0.29) is 18.4 Å². The molecule has 0 unspecified atom stereocenters. The Morgan fingerprint density at radius 2 is 1.67 bits per heavy atom. The molecule has 0 saturated heterocycles. The largest absolute Gasteiger partial charge is 0.396 e. The summed E-state index contributed by atoms with van der Waals surface area (Å²) in [5.41, 5.74) is 0. The molecular weight excluding hydrogens is 196 g/mol. The molecule has 0 aromatic heterocycles. The summed E-state index contributed by atoms with van der Waals surface area (Å²) in [6, 6.07) is 0. The van der Waals surface area contributed by atoms with Crippen LogP contribution in [0.5, 0.6) is 0 Å². The van der Waals surface area contributed by atoms with Gasteiger partial charge in [0.25, 0.3) is 0 Å². The molecular formula is C10H20N2O3. The van der Waals surface area contributed by atoms with Gasteiger partial charge in [-0.15, -0.1) is 0 Å². The minimum absolute atomic E-state index is 0.0183. The van der Waals surface area contributed by atoms with Crippen molar-refractivity contribution in [2.75, 3.05) is 19.7 Å². The molecule has 0 atom stereocenters. The van der Waals surface area contributed by atoms with Crippen molar-refractivity contribution in [3.8, 4) is 0 Å². The molecule has 0 radical (unpaired) electrons. The Labute approximate surface area is 90.2 Å². The zero-order chi connectivity index (χ0) is 11.5. The lowest BCUT2D eigenvalue weighted by Crippen LogP contribution is -2.30. The number of carbonyl (C=O) groups excluding carboxylic acids is 2. The van der Waals surface area contributed by atoms with Crippen LogP contribution in [0.1, 0.15) is 32.6 Å². The molecule has 0 aromatic rings. The monoisotopic (exact) mass is 216 g/mol. The van der Waals surface area contributed by atoms with Gasteiger partial charge in [0, 0.05) is 32.5 Å². The first-order chi connectivity index (χ1) is 7.20. The molecule has 5 heteroatoms. The Hall–Kier alpha value is -1.10. The van der Waals surface area contributed by atoms with Gasteiger partial charge in [0.2, 0.25) is 11.8 Å². The van der Waals surface area contributed by atoms with Crippen molar-refractivity contribution < 1.29 is 14.7 Å². The van der Waals surface area contributed by atoms with E-state index in [0.717, 1.165) is 6.42 Å². The lowest BCUT2D eigenvalue weighted by molar-refractivity contribution is -0.122. The van der Waals surface area contributed by atoms with E-state index < -0.39 is 0 Å². The van der Waals surface area contributed by atoms with Gasteiger partial charge in [-0.25, -0.2) is 0 Å². The second-order valence-electron chi connectivity index (χ2n) is 3.28. The summed E-state index contributed by atoms with van der Waals surface area (Å²) >= 11 is 0. The number of rotatable bonds is 8. The maximum Gasteiger partial charge on any atom is 0.221 e. The summed E-state index contributed by atoms with van der Waals surface area (Å²) in [5.74, 6) is -0.161. The molecule has 2 amide bonds. The molecule has 0 saturated carbocycles. The first kappa shape index (κ1) is 13.9. The number of aliphatic hydroxyl groups excluding tert-OH is 1. The van der Waals surface area contributed by atoms with Crippen LogP contribution in [0.4, 0.5) is 0 Å². The highest BCUT2D eigenvalue weighted by atomic mass is 16.3. The normalized spacial score (nSPS) is 9.73. The molecule has 15 heavy (non-hydrogen) atoms. The molecule has 0 aliphatic heterocycles. The summed E-state index contributed by atoms with van der Waals surface area (Å²) in [6.07, 6.45) is 2.00. The predicted octanol–water partition coefficient (Wildman–Crippen LogP) is -0.209. The molecule has 0 spiro atoms. The fourth-order valence-electron chi connectivity index (χ4n) is 0.996. The van der Waals surface area contributed by atoms with E-state index in [2.05, 4.69) is 10.6 Å². The van der Waals surface area contributed by atoms with E-state index in [1.807, 2.05) is 6.92 Å². The highest BCUT2D eigenvalue weighted by Crippen LogP contribution is 1.87. The maximum absolute atomic E-state index is 11.1. The molecule has 0 aliphatic carbocycles. The highest BCUT2D eigenvalue weighted by Gasteiger charge is 2.02. The van der Waals surface area contributed by atoms with Crippen LogP contribution < -0.4 is 10.6 Å². The van der Waals surface area contributed by atoms with Crippen molar-refractivity contribution in [1.29, 1.82) is 0 Å². The molecule has 0 aromatic carbocycles. The Morgan fingerprint density at radius 3 is 2.27 bits per heavy atom. The van der Waals surface area contributed by atoms with E-state index in [0.29, 0.717) is 32.4 Å². The third-order valence-corrected chi connectivity index (χ3v) is 1.81. The molecule has 0 aliphatic rings. The number of aliphatic hydroxyl groups is 1. The first-order valence-electron chi connectivity index (χ1n) is 5.35. The number of amides is 2. The van der Waals surface area contributed by atoms with Gasteiger partial charge < -0.3 is 15.7 Å². The lowest BCUT2D eigenvalue weighted by atomic mass is 10.3. The number of nitrogens with one attached hydrogen (secondary N) is 2. The van der Waals surface area contributed by atoms with Crippen molar-refractivity contribution >= 4 is 11.8 Å². The van der Waals surface area contributed by atoms with Gasteiger partial charge >= 0.3 is 0 Å². The van der Waals surface area contributed by atoms with E-state index >= 15 is 0 Å². The average molecular weight is 216 g/mol. The standard InChI is InChI=1S/C10H20N2O3/c1-2-6-11-10(15)5-7-12-9(14)4-3-8-13/h13H,2-8H2,1H3,(H,11,15)(H,12,14). The van der Waals surface area contributed by atoms with Gasteiger partial charge in [0.05, 0.1) is 0 Å². The minimum Gasteiger partial charge on any atom is -0.396 e. The Morgan fingerprint density at radius 1 is 1.07 bits per heavy atom. The topological polar surface area (TPSA) is 78.4 Å². The molecule has 3 N–H and O–H groups in total. The molecule has 0 heterocycles. The second kappa shape index (κ2) is 9.45. The fourth-order valence-corrected chi connectivity index (χ4v) is 0.996. The van der Waals surface area contributed by atoms with E-state index in [1.165, 1.54) is 0 Å². The first-order valence-corrected chi connectivity index (χ1v) is 5.35. The van der Waals surface area contributed by atoms with Crippen LogP contribution in [0.15, 0.2) is 0 Å². The van der Waals surface area contributed by atoms with Crippen molar-refractivity contribution in [3.63, 3.8) is 0 Å². The lowest BCUT2D eigenvalue weighted by Gasteiger charge is -2.05. The quantitative estimate of drug-likeness (QED) is 0.525. The van der Waals surface area contributed by atoms with Gasteiger partial charge in [-0.05, 0) is 12.8 Å². The van der Waals surface area contributed by atoms with Crippen molar-refractivity contribution in [1.82, 2.24) is 10.6 Å². The minimum atomic E-state index is -0.118. The summed E-state index contributed by atoms with van der Waals surface area (Å²) < 4.78 is 0. The third kappa shape index (κ3) is 9.21. The van der Waals surface area contributed by atoms with Gasteiger partial charge in [-0.2, -0.15) is 0 Å². The summed E-state index contributed by atoms with van der Waals surface area (Å²) in [5, 5.41) is 13.8. The van der Waals surface area contributed by atoms with Crippen LogP contribution in [0.25, 0.3) is 0 Å².